The second-order valence-corrected chi connectivity index (χ2v) is 3.44. The third kappa shape index (κ3) is 13.6. The Bertz CT molecular complexity index is 234. The van der Waals surface area contributed by atoms with E-state index in [-0.39, 0.29) is 57.9 Å². The zero-order valence-electron chi connectivity index (χ0n) is 6.91. The van der Waals surface area contributed by atoms with Gasteiger partial charge in [0.25, 0.3) is 0 Å². The fourth-order valence-electron chi connectivity index (χ4n) is 0.466. The summed E-state index contributed by atoms with van der Waals surface area (Å²) in [7, 11) is -4.11. The van der Waals surface area contributed by atoms with E-state index < -0.39 is 15.9 Å². The largest absolute Gasteiger partial charge is 1.00 e. The number of rotatable bonds is 5. The van der Waals surface area contributed by atoms with Crippen molar-refractivity contribution in [2.45, 2.75) is 6.42 Å². The molecule has 64 valence electrons. The van der Waals surface area contributed by atoms with E-state index in [1.165, 1.54) is 0 Å². The van der Waals surface area contributed by atoms with Crippen molar-refractivity contribution in [3.8, 4) is 6.07 Å². The molecule has 0 radical (unpaired) electrons. The molecule has 0 saturated heterocycles. The number of nitrogens with one attached hydrogen (secondary N) is 1. The van der Waals surface area contributed by atoms with Crippen LogP contribution in [0.2, 0.25) is 0 Å². The van der Waals surface area contributed by atoms with Gasteiger partial charge in [-0.25, -0.2) is 8.42 Å². The van der Waals surface area contributed by atoms with Crippen LogP contribution in [0.5, 0.6) is 0 Å². The van der Waals surface area contributed by atoms with Gasteiger partial charge in [-0.2, -0.15) is 5.26 Å². The molecule has 0 aromatic rings. The summed E-state index contributed by atoms with van der Waals surface area (Å²) in [5.41, 5.74) is 0. The van der Waals surface area contributed by atoms with E-state index in [1.54, 1.807) is 0 Å². The first-order chi connectivity index (χ1) is 5.06. The van der Waals surface area contributed by atoms with Crippen molar-refractivity contribution >= 4 is 10.1 Å². The SMILES string of the molecule is N#CCCNCCS(=O)(=O)[O-].[K+]. The third-order valence-corrected chi connectivity index (χ3v) is 1.65. The van der Waals surface area contributed by atoms with Crippen LogP contribution < -0.4 is 56.7 Å². The Hall–Kier alpha value is 0.996. The van der Waals surface area contributed by atoms with E-state index in [1.807, 2.05) is 6.07 Å². The summed E-state index contributed by atoms with van der Waals surface area (Å²) < 4.78 is 30.0. The molecule has 1 N–H and O–H groups in total. The molecule has 7 heteroatoms. The maximum Gasteiger partial charge on any atom is 1.00 e. The molecule has 0 saturated carbocycles. The van der Waals surface area contributed by atoms with Crippen molar-refractivity contribution < 1.29 is 64.4 Å². The van der Waals surface area contributed by atoms with Gasteiger partial charge in [-0.3, -0.25) is 0 Å². The molecule has 0 heterocycles. The van der Waals surface area contributed by atoms with Crippen LogP contribution in [0.4, 0.5) is 0 Å². The van der Waals surface area contributed by atoms with Crippen LogP contribution in [0.25, 0.3) is 0 Å². The van der Waals surface area contributed by atoms with Crippen LogP contribution in [0, 0.1) is 11.3 Å². The summed E-state index contributed by atoms with van der Waals surface area (Å²) in [6.07, 6.45) is 0.318. The number of hydrogen-bond donors (Lipinski definition) is 1. The van der Waals surface area contributed by atoms with Gasteiger partial charge in [-0.05, 0) is 0 Å². The van der Waals surface area contributed by atoms with Gasteiger partial charge < -0.3 is 9.87 Å². The Morgan fingerprint density at radius 1 is 1.42 bits per heavy atom. The minimum atomic E-state index is -4.11. The molecule has 0 bridgehead atoms. The van der Waals surface area contributed by atoms with Crippen LogP contribution in [-0.2, 0) is 10.1 Å². The zero-order chi connectivity index (χ0) is 8.74. The molecule has 0 fully saturated rings. The van der Waals surface area contributed by atoms with Gasteiger partial charge >= 0.3 is 51.4 Å². The fraction of sp³-hybridized carbons (Fsp3) is 0.800. The minimum Gasteiger partial charge on any atom is -0.748 e. The van der Waals surface area contributed by atoms with E-state index >= 15 is 0 Å². The van der Waals surface area contributed by atoms with Crippen LogP contribution >= 0.6 is 0 Å². The summed E-state index contributed by atoms with van der Waals surface area (Å²) >= 11 is 0. The predicted molar refractivity (Wildman–Crippen MR) is 37.7 cm³/mol. The Balaban J connectivity index is 0. The molecule has 0 atom stereocenters. The van der Waals surface area contributed by atoms with Crippen LogP contribution in [-0.4, -0.2) is 31.8 Å². The monoisotopic (exact) mass is 216 g/mol. The van der Waals surface area contributed by atoms with Crippen molar-refractivity contribution in [3.05, 3.63) is 0 Å². The van der Waals surface area contributed by atoms with Gasteiger partial charge in [-0.1, -0.05) is 0 Å². The summed E-state index contributed by atoms with van der Waals surface area (Å²) in [4.78, 5) is 0. The summed E-state index contributed by atoms with van der Waals surface area (Å²) in [6, 6.07) is 1.88. The van der Waals surface area contributed by atoms with Gasteiger partial charge in [0.2, 0.25) is 0 Å². The average molecular weight is 216 g/mol. The average Bonchev–Trinajstić information content (AvgIpc) is 1.85. The van der Waals surface area contributed by atoms with E-state index in [2.05, 4.69) is 5.32 Å². The molecule has 0 aliphatic rings. The Kier molecular flexibility index (Phi) is 11.1. The molecular weight excluding hydrogens is 207 g/mol. The maximum atomic E-state index is 10.0. The molecular formula is C5H9KN2O3S. The first kappa shape index (κ1) is 15.5. The molecule has 0 rings (SSSR count). The van der Waals surface area contributed by atoms with E-state index in [0.29, 0.717) is 13.0 Å². The van der Waals surface area contributed by atoms with Gasteiger partial charge in [0, 0.05) is 19.5 Å². The Morgan fingerprint density at radius 2 is 2.00 bits per heavy atom. The third-order valence-electron chi connectivity index (χ3n) is 0.942. The van der Waals surface area contributed by atoms with Crippen LogP contribution in [0.15, 0.2) is 0 Å². The quantitative estimate of drug-likeness (QED) is 0.287. The molecule has 0 aliphatic carbocycles. The first-order valence-electron chi connectivity index (χ1n) is 3.07. The molecule has 5 nitrogen and oxygen atoms in total. The topological polar surface area (TPSA) is 93.0 Å². The van der Waals surface area contributed by atoms with E-state index in [9.17, 15) is 13.0 Å². The van der Waals surface area contributed by atoms with E-state index in [4.69, 9.17) is 5.26 Å². The van der Waals surface area contributed by atoms with Gasteiger partial charge in [0.05, 0.1) is 21.9 Å². The molecule has 0 aromatic carbocycles. The minimum absolute atomic E-state index is 0. The second kappa shape index (κ2) is 8.59. The smallest absolute Gasteiger partial charge is 0.748 e. The van der Waals surface area contributed by atoms with Crippen molar-refractivity contribution in [2.24, 2.45) is 0 Å². The van der Waals surface area contributed by atoms with E-state index in [0.717, 1.165) is 0 Å². The maximum absolute atomic E-state index is 10.0. The molecule has 0 spiro atoms. The van der Waals surface area contributed by atoms with Crippen LogP contribution in [0.3, 0.4) is 0 Å². The van der Waals surface area contributed by atoms with Gasteiger partial charge in [0.15, 0.2) is 0 Å². The molecule has 0 aromatic heterocycles. The number of nitrogens with zero attached hydrogens (tertiary/aromatic N) is 1. The van der Waals surface area contributed by atoms with Crippen molar-refractivity contribution in [1.82, 2.24) is 5.32 Å². The molecule has 0 aliphatic heterocycles. The Morgan fingerprint density at radius 3 is 2.42 bits per heavy atom. The normalized spacial score (nSPS) is 10.0. The number of hydrogen-bond acceptors (Lipinski definition) is 5. The number of nitriles is 1. The second-order valence-electron chi connectivity index (χ2n) is 1.92. The van der Waals surface area contributed by atoms with Crippen molar-refractivity contribution in [3.63, 3.8) is 0 Å². The molecule has 0 unspecified atom stereocenters. The standard InChI is InChI=1S/C5H10N2O3S.K/c6-2-1-3-7-4-5-11(8,9)10;/h7H,1,3-5H2,(H,8,9,10);/q;+1/p-1. The van der Waals surface area contributed by atoms with Crippen molar-refractivity contribution in [2.75, 3.05) is 18.8 Å². The first-order valence-corrected chi connectivity index (χ1v) is 4.65. The Labute approximate surface area is 115 Å². The van der Waals surface area contributed by atoms with Gasteiger partial charge in [0.1, 0.15) is 0 Å². The molecule has 0 amide bonds. The summed E-state index contributed by atoms with van der Waals surface area (Å²) in [5.74, 6) is -0.418. The molecule has 12 heavy (non-hydrogen) atoms. The zero-order valence-corrected chi connectivity index (χ0v) is 10.8. The van der Waals surface area contributed by atoms with Gasteiger partial charge in [-0.15, -0.1) is 0 Å². The predicted octanol–water partition coefficient (Wildman–Crippen LogP) is -3.96. The van der Waals surface area contributed by atoms with Crippen LogP contribution in [0.1, 0.15) is 6.42 Å². The summed E-state index contributed by atoms with van der Waals surface area (Å²) in [5, 5.41) is 10.7. The summed E-state index contributed by atoms with van der Waals surface area (Å²) in [6.45, 7) is 0.541. The van der Waals surface area contributed by atoms with Crippen molar-refractivity contribution in [1.29, 1.82) is 5.26 Å². The fourth-order valence-corrected chi connectivity index (χ4v) is 0.861.